The third-order valence-corrected chi connectivity index (χ3v) is 4.75. The van der Waals surface area contributed by atoms with Crippen molar-refractivity contribution in [1.29, 1.82) is 0 Å². The van der Waals surface area contributed by atoms with Crippen molar-refractivity contribution < 1.29 is 9.59 Å². The highest BCUT2D eigenvalue weighted by Crippen LogP contribution is 2.15. The van der Waals surface area contributed by atoms with Crippen LogP contribution in [0.1, 0.15) is 18.4 Å². The Balaban J connectivity index is 1.77. The lowest BCUT2D eigenvalue weighted by Gasteiger charge is -2.26. The lowest BCUT2D eigenvalue weighted by molar-refractivity contribution is -0.128. The predicted octanol–water partition coefficient (Wildman–Crippen LogP) is 2.13. The van der Waals surface area contributed by atoms with Gasteiger partial charge in [0.1, 0.15) is 6.04 Å². The first-order valence-electron chi connectivity index (χ1n) is 9.05. The molecule has 0 spiro atoms. The molecule has 2 aromatic rings. The Labute approximate surface area is 154 Å². The zero-order valence-electron chi connectivity index (χ0n) is 15.0. The van der Waals surface area contributed by atoms with Gasteiger partial charge in [0.05, 0.1) is 6.04 Å². The van der Waals surface area contributed by atoms with Crippen LogP contribution in [0.25, 0.3) is 0 Å². The average Bonchev–Trinajstić information content (AvgIpc) is 3.23. The van der Waals surface area contributed by atoms with Crippen molar-refractivity contribution in [2.45, 2.75) is 31.3 Å². The fourth-order valence-corrected chi connectivity index (χ4v) is 3.24. The molecule has 0 aromatic heterocycles. The van der Waals surface area contributed by atoms with Crippen molar-refractivity contribution in [3.8, 4) is 0 Å². The number of hydrogen-bond acceptors (Lipinski definition) is 3. The first-order chi connectivity index (χ1) is 12.6. The third kappa shape index (κ3) is 4.49. The first-order valence-corrected chi connectivity index (χ1v) is 9.05. The molecular formula is C21H25N3O2. The second kappa shape index (κ2) is 8.63. The van der Waals surface area contributed by atoms with Crippen LogP contribution < -0.4 is 15.5 Å². The second-order valence-electron chi connectivity index (χ2n) is 6.63. The Morgan fingerprint density at radius 3 is 2.38 bits per heavy atom. The summed E-state index contributed by atoms with van der Waals surface area (Å²) in [5.74, 6) is -0.218. The molecule has 1 heterocycles. The summed E-state index contributed by atoms with van der Waals surface area (Å²) in [6, 6.07) is 18.4. The Kier molecular flexibility index (Phi) is 6.02. The van der Waals surface area contributed by atoms with Gasteiger partial charge in [0.15, 0.2) is 0 Å². The summed E-state index contributed by atoms with van der Waals surface area (Å²) in [4.78, 5) is 27.3. The van der Waals surface area contributed by atoms with Gasteiger partial charge in [-0.1, -0.05) is 48.5 Å². The molecule has 1 aliphatic heterocycles. The van der Waals surface area contributed by atoms with Crippen molar-refractivity contribution in [3.05, 3.63) is 66.2 Å². The minimum atomic E-state index is -0.600. The van der Waals surface area contributed by atoms with Gasteiger partial charge >= 0.3 is 0 Å². The zero-order valence-corrected chi connectivity index (χ0v) is 15.0. The van der Waals surface area contributed by atoms with Crippen LogP contribution in [0, 0.1) is 0 Å². The van der Waals surface area contributed by atoms with E-state index in [2.05, 4.69) is 10.6 Å². The maximum atomic E-state index is 13.1. The number of benzene rings is 2. The highest BCUT2D eigenvalue weighted by atomic mass is 16.2. The van der Waals surface area contributed by atoms with Gasteiger partial charge in [-0.25, -0.2) is 0 Å². The molecule has 5 nitrogen and oxygen atoms in total. The quantitative estimate of drug-likeness (QED) is 0.838. The number of anilines is 1. The highest BCUT2D eigenvalue weighted by Gasteiger charge is 2.29. The molecule has 2 aromatic carbocycles. The van der Waals surface area contributed by atoms with Crippen LogP contribution in [0.2, 0.25) is 0 Å². The number of likely N-dealkylation sites (N-methyl/N-ethyl adjacent to an activating group) is 1. The van der Waals surface area contributed by atoms with Crippen LogP contribution in [0.3, 0.4) is 0 Å². The van der Waals surface area contributed by atoms with Crippen molar-refractivity contribution in [2.24, 2.45) is 0 Å². The molecule has 1 saturated heterocycles. The molecule has 0 unspecified atom stereocenters. The van der Waals surface area contributed by atoms with Crippen molar-refractivity contribution >= 4 is 17.5 Å². The molecule has 1 fully saturated rings. The number of nitrogens with one attached hydrogen (secondary N) is 2. The molecule has 0 saturated carbocycles. The van der Waals surface area contributed by atoms with Crippen molar-refractivity contribution in [1.82, 2.24) is 10.6 Å². The molecule has 3 rings (SSSR count). The average molecular weight is 351 g/mol. The minimum absolute atomic E-state index is 0.0988. The van der Waals surface area contributed by atoms with Gasteiger partial charge in [0.25, 0.3) is 0 Å². The van der Waals surface area contributed by atoms with Gasteiger partial charge in [-0.2, -0.15) is 0 Å². The number of nitrogens with zero attached hydrogens (tertiary/aromatic N) is 1. The molecule has 136 valence electrons. The van der Waals surface area contributed by atoms with Gasteiger partial charge in [0, 0.05) is 19.2 Å². The van der Waals surface area contributed by atoms with E-state index in [0.29, 0.717) is 6.42 Å². The Morgan fingerprint density at radius 2 is 1.77 bits per heavy atom. The maximum Gasteiger partial charge on any atom is 0.249 e. The van der Waals surface area contributed by atoms with Crippen molar-refractivity contribution in [2.75, 3.05) is 18.5 Å². The standard InChI is InChI=1S/C21H25N3O2/c1-24(17-11-6-3-7-12-17)21(26)19(15-16-9-4-2-5-10-16)23-20(25)18-13-8-14-22-18/h2-7,9-12,18-19,22H,8,13-15H2,1H3,(H,23,25)/t18-,19-/m0/s1. The highest BCUT2D eigenvalue weighted by molar-refractivity contribution is 5.99. The summed E-state index contributed by atoms with van der Waals surface area (Å²) in [6.45, 7) is 0.847. The van der Waals surface area contributed by atoms with Crippen molar-refractivity contribution in [3.63, 3.8) is 0 Å². The molecular weight excluding hydrogens is 326 g/mol. The summed E-state index contributed by atoms with van der Waals surface area (Å²) in [5, 5.41) is 6.15. The lowest BCUT2D eigenvalue weighted by atomic mass is 10.0. The minimum Gasteiger partial charge on any atom is -0.343 e. The summed E-state index contributed by atoms with van der Waals surface area (Å²) in [7, 11) is 1.75. The third-order valence-electron chi connectivity index (χ3n) is 4.75. The SMILES string of the molecule is CN(C(=O)[C@H](Cc1ccccc1)NC(=O)[C@@H]1CCCN1)c1ccccc1. The number of hydrogen-bond donors (Lipinski definition) is 2. The molecule has 1 aliphatic rings. The second-order valence-corrected chi connectivity index (χ2v) is 6.63. The van der Waals surface area contributed by atoms with E-state index < -0.39 is 6.04 Å². The summed E-state index contributed by atoms with van der Waals surface area (Å²) in [6.07, 6.45) is 2.27. The monoisotopic (exact) mass is 351 g/mol. The van der Waals surface area contributed by atoms with Gasteiger partial charge in [-0.3, -0.25) is 9.59 Å². The van der Waals surface area contributed by atoms with E-state index in [1.54, 1.807) is 11.9 Å². The van der Waals surface area contributed by atoms with Crippen LogP contribution in [0.4, 0.5) is 5.69 Å². The van der Waals surface area contributed by atoms with Crippen LogP contribution in [0.15, 0.2) is 60.7 Å². The molecule has 0 radical (unpaired) electrons. The molecule has 2 atom stereocenters. The van der Waals surface area contributed by atoms with E-state index in [-0.39, 0.29) is 17.9 Å². The Morgan fingerprint density at radius 1 is 1.12 bits per heavy atom. The lowest BCUT2D eigenvalue weighted by Crippen LogP contribution is -2.52. The van der Waals surface area contributed by atoms with Gasteiger partial charge in [0.2, 0.25) is 11.8 Å². The molecule has 2 amide bonds. The molecule has 0 aliphatic carbocycles. The van der Waals surface area contributed by atoms with Gasteiger partial charge in [-0.05, 0) is 37.1 Å². The zero-order chi connectivity index (χ0) is 18.4. The number of rotatable bonds is 6. The first kappa shape index (κ1) is 18.1. The fourth-order valence-electron chi connectivity index (χ4n) is 3.24. The summed E-state index contributed by atoms with van der Waals surface area (Å²) in [5.41, 5.74) is 1.83. The van der Waals surface area contributed by atoms with E-state index >= 15 is 0 Å². The van der Waals surface area contributed by atoms with E-state index in [9.17, 15) is 9.59 Å². The summed E-state index contributed by atoms with van der Waals surface area (Å²) < 4.78 is 0. The molecule has 2 N–H and O–H groups in total. The fraction of sp³-hybridized carbons (Fsp3) is 0.333. The number of amides is 2. The van der Waals surface area contributed by atoms with Crippen LogP contribution >= 0.6 is 0 Å². The van der Waals surface area contributed by atoms with Crippen LogP contribution in [-0.4, -0.2) is 37.5 Å². The number of carbonyl (C=O) groups excluding carboxylic acids is 2. The van der Waals surface area contributed by atoms with Gasteiger partial charge < -0.3 is 15.5 Å². The molecule has 26 heavy (non-hydrogen) atoms. The van der Waals surface area contributed by atoms with E-state index in [1.807, 2.05) is 60.7 Å². The van der Waals surface area contributed by atoms with Crippen LogP contribution in [-0.2, 0) is 16.0 Å². The number of para-hydroxylation sites is 1. The normalized spacial score (nSPS) is 17.5. The van der Waals surface area contributed by atoms with Crippen LogP contribution in [0.5, 0.6) is 0 Å². The largest absolute Gasteiger partial charge is 0.343 e. The smallest absolute Gasteiger partial charge is 0.249 e. The van der Waals surface area contributed by atoms with E-state index in [0.717, 1.165) is 30.6 Å². The van der Waals surface area contributed by atoms with Gasteiger partial charge in [-0.15, -0.1) is 0 Å². The molecule has 0 bridgehead atoms. The summed E-state index contributed by atoms with van der Waals surface area (Å²) >= 11 is 0. The van der Waals surface area contributed by atoms with E-state index in [1.165, 1.54) is 0 Å². The Bertz CT molecular complexity index is 727. The number of carbonyl (C=O) groups is 2. The predicted molar refractivity (Wildman–Crippen MR) is 103 cm³/mol. The molecule has 5 heteroatoms. The topological polar surface area (TPSA) is 61.4 Å². The maximum absolute atomic E-state index is 13.1. The van der Waals surface area contributed by atoms with E-state index in [4.69, 9.17) is 0 Å². The Hall–Kier alpha value is -2.66.